The van der Waals surface area contributed by atoms with E-state index in [1.54, 1.807) is 30.1 Å². The summed E-state index contributed by atoms with van der Waals surface area (Å²) in [5.74, 6) is -1.95. The third-order valence-corrected chi connectivity index (χ3v) is 8.29. The van der Waals surface area contributed by atoms with Crippen LogP contribution in [0.15, 0.2) is 59.2 Å². The van der Waals surface area contributed by atoms with Crippen molar-refractivity contribution in [2.45, 2.75) is 29.5 Å². The molecule has 28 heavy (non-hydrogen) atoms. The van der Waals surface area contributed by atoms with Gasteiger partial charge in [-0.2, -0.15) is 4.72 Å². The Morgan fingerprint density at radius 1 is 1.25 bits per heavy atom. The lowest BCUT2D eigenvalue weighted by Gasteiger charge is -2.15. The molecule has 1 saturated carbocycles. The van der Waals surface area contributed by atoms with Crippen LogP contribution in [0.25, 0.3) is 5.00 Å². The summed E-state index contributed by atoms with van der Waals surface area (Å²) in [4.78, 5) is 16.2. The van der Waals surface area contributed by atoms with Gasteiger partial charge in [0.05, 0.1) is 5.69 Å². The zero-order chi connectivity index (χ0) is 20.1. The molecule has 1 aromatic carbocycles. The highest BCUT2D eigenvalue weighted by Crippen LogP contribution is 2.58. The molecule has 0 spiro atoms. The Balaban J connectivity index is 1.65. The lowest BCUT2D eigenvalue weighted by Crippen LogP contribution is -2.45. The van der Waals surface area contributed by atoms with Gasteiger partial charge in [-0.1, -0.05) is 37.3 Å². The van der Waals surface area contributed by atoms with E-state index in [1.807, 2.05) is 37.3 Å². The minimum absolute atomic E-state index is 0.0698. The minimum atomic E-state index is -4.00. The van der Waals surface area contributed by atoms with E-state index in [1.165, 1.54) is 6.07 Å². The fraction of sp³-hybridized carbons (Fsp3) is 0.263. The zero-order valence-corrected chi connectivity index (χ0v) is 16.9. The Hall–Kier alpha value is -2.49. The average molecular weight is 418 g/mol. The van der Waals surface area contributed by atoms with E-state index < -0.39 is 27.4 Å². The monoisotopic (exact) mass is 417 g/mol. The summed E-state index contributed by atoms with van der Waals surface area (Å²) >= 11 is 1.06. The van der Waals surface area contributed by atoms with Crippen molar-refractivity contribution in [2.75, 3.05) is 0 Å². The molecule has 0 radical (unpaired) electrons. The standard InChI is InChI=1S/C19H19N3O4S2/c1-12-10-22(11-20-12)15-8-9-16(27-15)28(25,26)21-19(18(23)24)13(2)17(19)14-6-4-3-5-7-14/h3-11,13,17,21H,1-2H3,(H,23,24)/t13?,17-,19-/m0/s1. The number of thiophene rings is 1. The van der Waals surface area contributed by atoms with Gasteiger partial charge >= 0.3 is 5.97 Å². The Morgan fingerprint density at radius 3 is 2.57 bits per heavy atom. The van der Waals surface area contributed by atoms with E-state index in [0.717, 1.165) is 22.6 Å². The number of aliphatic carboxylic acids is 1. The van der Waals surface area contributed by atoms with Gasteiger partial charge in [-0.3, -0.25) is 9.36 Å². The first kappa shape index (κ1) is 18.9. The van der Waals surface area contributed by atoms with Crippen LogP contribution in [0.5, 0.6) is 0 Å². The van der Waals surface area contributed by atoms with E-state index in [9.17, 15) is 18.3 Å². The van der Waals surface area contributed by atoms with E-state index in [-0.39, 0.29) is 10.1 Å². The predicted octanol–water partition coefficient (Wildman–Crippen LogP) is 2.78. The summed E-state index contributed by atoms with van der Waals surface area (Å²) in [5, 5.41) is 10.6. The molecule has 2 N–H and O–H groups in total. The molecule has 146 valence electrons. The number of hydrogen-bond donors (Lipinski definition) is 2. The topological polar surface area (TPSA) is 101 Å². The maximum atomic E-state index is 13.0. The van der Waals surface area contributed by atoms with Gasteiger partial charge in [-0.25, -0.2) is 13.4 Å². The minimum Gasteiger partial charge on any atom is -0.480 e. The maximum Gasteiger partial charge on any atom is 0.325 e. The van der Waals surface area contributed by atoms with Gasteiger partial charge in [0.1, 0.15) is 21.1 Å². The van der Waals surface area contributed by atoms with Gasteiger partial charge in [0.25, 0.3) is 10.0 Å². The summed E-state index contributed by atoms with van der Waals surface area (Å²) < 4.78 is 30.2. The summed E-state index contributed by atoms with van der Waals surface area (Å²) in [6.45, 7) is 3.60. The molecule has 0 saturated heterocycles. The Bertz CT molecular complexity index is 1140. The first-order valence-corrected chi connectivity index (χ1v) is 11.0. The average Bonchev–Trinajstić information content (AvgIpc) is 3.06. The van der Waals surface area contributed by atoms with Crippen molar-refractivity contribution in [1.82, 2.24) is 14.3 Å². The van der Waals surface area contributed by atoms with Gasteiger partial charge in [0, 0.05) is 12.1 Å². The van der Waals surface area contributed by atoms with Crippen LogP contribution >= 0.6 is 11.3 Å². The van der Waals surface area contributed by atoms with Crippen molar-refractivity contribution >= 4 is 27.3 Å². The number of aryl methyl sites for hydroxylation is 1. The number of nitrogens with zero attached hydrogens (tertiary/aromatic N) is 2. The van der Waals surface area contributed by atoms with Gasteiger partial charge < -0.3 is 5.11 Å². The Kier molecular flexibility index (Phi) is 4.40. The zero-order valence-electron chi connectivity index (χ0n) is 15.2. The second-order valence-corrected chi connectivity index (χ2v) is 9.94. The third-order valence-electron chi connectivity index (χ3n) is 5.21. The molecule has 1 aliphatic rings. The van der Waals surface area contributed by atoms with Crippen LogP contribution in [0.4, 0.5) is 0 Å². The highest BCUT2D eigenvalue weighted by atomic mass is 32.2. The van der Waals surface area contributed by atoms with E-state index in [0.29, 0.717) is 5.00 Å². The van der Waals surface area contributed by atoms with Crippen molar-refractivity contribution in [3.63, 3.8) is 0 Å². The van der Waals surface area contributed by atoms with Crippen molar-refractivity contribution < 1.29 is 18.3 Å². The molecule has 7 nitrogen and oxygen atoms in total. The van der Waals surface area contributed by atoms with Gasteiger partial charge in [-0.15, -0.1) is 11.3 Å². The molecule has 3 atom stereocenters. The molecule has 9 heteroatoms. The number of sulfonamides is 1. The number of nitrogens with one attached hydrogen (secondary N) is 1. The highest BCUT2D eigenvalue weighted by Gasteiger charge is 2.70. The fourth-order valence-corrected chi connectivity index (χ4v) is 6.40. The molecule has 0 aliphatic heterocycles. The third kappa shape index (κ3) is 2.95. The summed E-state index contributed by atoms with van der Waals surface area (Å²) in [5.41, 5.74) is 0.0785. The molecule has 3 aromatic rings. The summed E-state index contributed by atoms with van der Waals surface area (Å²) in [6, 6.07) is 12.3. The lowest BCUT2D eigenvalue weighted by molar-refractivity contribution is -0.140. The molecule has 1 fully saturated rings. The predicted molar refractivity (Wildman–Crippen MR) is 105 cm³/mol. The molecule has 0 bridgehead atoms. The van der Waals surface area contributed by atoms with Crippen molar-refractivity contribution in [3.8, 4) is 5.00 Å². The highest BCUT2D eigenvalue weighted by molar-refractivity contribution is 7.91. The van der Waals surface area contributed by atoms with Gasteiger partial charge in [0.2, 0.25) is 0 Å². The van der Waals surface area contributed by atoms with E-state index in [4.69, 9.17) is 0 Å². The van der Waals surface area contributed by atoms with Crippen LogP contribution in [0.2, 0.25) is 0 Å². The molecular weight excluding hydrogens is 398 g/mol. The van der Waals surface area contributed by atoms with Gasteiger partial charge in [0.15, 0.2) is 0 Å². The lowest BCUT2D eigenvalue weighted by atomic mass is 10.1. The number of carbonyl (C=O) groups is 1. The number of imidazole rings is 1. The van der Waals surface area contributed by atoms with Crippen LogP contribution in [-0.4, -0.2) is 34.6 Å². The van der Waals surface area contributed by atoms with Crippen LogP contribution in [0, 0.1) is 12.8 Å². The van der Waals surface area contributed by atoms with Crippen LogP contribution in [0.1, 0.15) is 24.1 Å². The normalized spacial score (nSPS) is 24.2. The van der Waals surface area contributed by atoms with Crippen molar-refractivity contribution in [1.29, 1.82) is 0 Å². The first-order chi connectivity index (χ1) is 13.3. The SMILES string of the molecule is Cc1cn(-c2ccc(S(=O)(=O)N[C@@]3(C(=O)O)C(C)[C@H]3c3ccccc3)s2)cn1. The summed E-state index contributed by atoms with van der Waals surface area (Å²) in [7, 11) is -4.00. The fourth-order valence-electron chi connectivity index (χ4n) is 3.71. The molecular formula is C19H19N3O4S2. The van der Waals surface area contributed by atoms with E-state index >= 15 is 0 Å². The Morgan fingerprint density at radius 2 is 1.96 bits per heavy atom. The molecule has 2 heterocycles. The van der Waals surface area contributed by atoms with Gasteiger partial charge in [-0.05, 0) is 30.5 Å². The number of hydrogen-bond acceptors (Lipinski definition) is 5. The second kappa shape index (κ2) is 6.54. The smallest absolute Gasteiger partial charge is 0.325 e. The second-order valence-electron chi connectivity index (χ2n) is 6.97. The molecule has 4 rings (SSSR count). The first-order valence-electron chi connectivity index (χ1n) is 8.69. The molecule has 1 aliphatic carbocycles. The molecule has 0 amide bonds. The summed E-state index contributed by atoms with van der Waals surface area (Å²) in [6.07, 6.45) is 3.40. The quantitative estimate of drug-likeness (QED) is 0.642. The maximum absolute atomic E-state index is 13.0. The number of carboxylic acid groups (broad SMARTS) is 1. The Labute approximate surface area is 166 Å². The van der Waals surface area contributed by atoms with E-state index in [2.05, 4.69) is 9.71 Å². The van der Waals surface area contributed by atoms with Crippen molar-refractivity contribution in [2.24, 2.45) is 5.92 Å². The number of carboxylic acids is 1. The van der Waals surface area contributed by atoms with Crippen LogP contribution in [-0.2, 0) is 14.8 Å². The van der Waals surface area contributed by atoms with Crippen molar-refractivity contribution in [3.05, 3.63) is 66.2 Å². The molecule has 2 aromatic heterocycles. The van der Waals surface area contributed by atoms with Crippen LogP contribution in [0.3, 0.4) is 0 Å². The number of benzene rings is 1. The van der Waals surface area contributed by atoms with Crippen LogP contribution < -0.4 is 4.72 Å². The molecule has 1 unspecified atom stereocenters. The number of rotatable bonds is 6. The number of aromatic nitrogens is 2. The largest absolute Gasteiger partial charge is 0.480 e.